The Bertz CT molecular complexity index is 424. The standard InChI is InChI=1S/C7H9N5O/c8-6-5-7(10-3-9-6)12-4(11-5)1-2-13/h3,13H,1-2H2,(H3,8,9,10,11,12). The number of nitrogen functional groups attached to an aromatic ring is 1. The number of nitrogens with one attached hydrogen (secondary N) is 1. The van der Waals surface area contributed by atoms with Crippen molar-refractivity contribution in [1.29, 1.82) is 0 Å². The summed E-state index contributed by atoms with van der Waals surface area (Å²) < 4.78 is 0. The summed E-state index contributed by atoms with van der Waals surface area (Å²) in [6, 6.07) is 0. The van der Waals surface area contributed by atoms with E-state index in [0.717, 1.165) is 0 Å². The fourth-order valence-electron chi connectivity index (χ4n) is 1.12. The minimum Gasteiger partial charge on any atom is -0.396 e. The fourth-order valence-corrected chi connectivity index (χ4v) is 1.12. The van der Waals surface area contributed by atoms with Crippen LogP contribution in [0.3, 0.4) is 0 Å². The van der Waals surface area contributed by atoms with E-state index in [1.54, 1.807) is 0 Å². The molecule has 0 radical (unpaired) electrons. The van der Waals surface area contributed by atoms with Crippen LogP contribution in [-0.2, 0) is 6.42 Å². The molecule has 0 aliphatic rings. The second-order valence-electron chi connectivity index (χ2n) is 2.61. The van der Waals surface area contributed by atoms with Gasteiger partial charge in [0.25, 0.3) is 0 Å². The molecule has 68 valence electrons. The van der Waals surface area contributed by atoms with Gasteiger partial charge < -0.3 is 15.8 Å². The Balaban J connectivity index is 2.55. The summed E-state index contributed by atoms with van der Waals surface area (Å²) in [4.78, 5) is 14.8. The number of aromatic amines is 1. The summed E-state index contributed by atoms with van der Waals surface area (Å²) in [5, 5.41) is 8.69. The summed E-state index contributed by atoms with van der Waals surface area (Å²) in [5.74, 6) is 1.05. The molecule has 0 atom stereocenters. The van der Waals surface area contributed by atoms with Gasteiger partial charge in [0.05, 0.1) is 6.61 Å². The molecule has 13 heavy (non-hydrogen) atoms. The van der Waals surface area contributed by atoms with Gasteiger partial charge in [-0.2, -0.15) is 0 Å². The molecule has 0 saturated carbocycles. The van der Waals surface area contributed by atoms with E-state index in [4.69, 9.17) is 10.8 Å². The number of anilines is 1. The lowest BCUT2D eigenvalue weighted by atomic mass is 10.4. The second kappa shape index (κ2) is 2.98. The molecule has 0 aromatic carbocycles. The van der Waals surface area contributed by atoms with Gasteiger partial charge in [0.2, 0.25) is 0 Å². The number of hydrogen-bond donors (Lipinski definition) is 3. The van der Waals surface area contributed by atoms with E-state index in [9.17, 15) is 0 Å². The Morgan fingerprint density at radius 2 is 2.31 bits per heavy atom. The molecule has 2 aromatic rings. The highest BCUT2D eigenvalue weighted by atomic mass is 16.3. The van der Waals surface area contributed by atoms with Crippen molar-refractivity contribution in [2.24, 2.45) is 0 Å². The number of nitrogens with two attached hydrogens (primary N) is 1. The molecule has 2 heterocycles. The molecule has 0 amide bonds. The summed E-state index contributed by atoms with van der Waals surface area (Å²) in [7, 11) is 0. The van der Waals surface area contributed by atoms with E-state index in [-0.39, 0.29) is 6.61 Å². The molecule has 0 unspecified atom stereocenters. The molecule has 6 nitrogen and oxygen atoms in total. The third-order valence-corrected chi connectivity index (χ3v) is 1.72. The van der Waals surface area contributed by atoms with E-state index < -0.39 is 0 Å². The van der Waals surface area contributed by atoms with Crippen molar-refractivity contribution in [3.8, 4) is 0 Å². The van der Waals surface area contributed by atoms with E-state index >= 15 is 0 Å². The SMILES string of the molecule is Nc1ncnc2nc(CCO)[nH]c12. The third-order valence-electron chi connectivity index (χ3n) is 1.72. The number of aromatic nitrogens is 4. The topological polar surface area (TPSA) is 101 Å². The lowest BCUT2D eigenvalue weighted by molar-refractivity contribution is 0.297. The maximum Gasteiger partial charge on any atom is 0.183 e. The Kier molecular flexibility index (Phi) is 1.82. The van der Waals surface area contributed by atoms with Crippen molar-refractivity contribution in [2.75, 3.05) is 12.3 Å². The van der Waals surface area contributed by atoms with E-state index in [1.807, 2.05) is 0 Å². The van der Waals surface area contributed by atoms with Crippen molar-refractivity contribution < 1.29 is 5.11 Å². The number of hydrogen-bond acceptors (Lipinski definition) is 5. The van der Waals surface area contributed by atoms with Gasteiger partial charge in [0.15, 0.2) is 11.5 Å². The maximum atomic E-state index is 8.69. The molecule has 0 fully saturated rings. The molecular weight excluding hydrogens is 170 g/mol. The number of H-pyrrole nitrogens is 1. The Hall–Kier alpha value is -1.69. The van der Waals surface area contributed by atoms with Gasteiger partial charge in [-0.05, 0) is 0 Å². The van der Waals surface area contributed by atoms with Crippen molar-refractivity contribution in [2.45, 2.75) is 6.42 Å². The highest BCUT2D eigenvalue weighted by Gasteiger charge is 2.05. The second-order valence-corrected chi connectivity index (χ2v) is 2.61. The van der Waals surface area contributed by atoms with Gasteiger partial charge in [-0.15, -0.1) is 0 Å². The number of rotatable bonds is 2. The molecule has 0 aliphatic carbocycles. The molecule has 0 saturated heterocycles. The number of aliphatic hydroxyl groups is 1. The summed E-state index contributed by atoms with van der Waals surface area (Å²) in [6.07, 6.45) is 1.83. The number of aliphatic hydroxyl groups excluding tert-OH is 1. The van der Waals surface area contributed by atoms with Gasteiger partial charge in [-0.25, -0.2) is 15.0 Å². The Morgan fingerprint density at radius 3 is 3.00 bits per heavy atom. The maximum absolute atomic E-state index is 8.69. The summed E-state index contributed by atoms with van der Waals surface area (Å²) in [6.45, 7) is 0.0488. The van der Waals surface area contributed by atoms with Crippen molar-refractivity contribution in [3.63, 3.8) is 0 Å². The smallest absolute Gasteiger partial charge is 0.183 e. The van der Waals surface area contributed by atoms with Crippen LogP contribution in [0.25, 0.3) is 11.2 Å². The van der Waals surface area contributed by atoms with Crippen molar-refractivity contribution in [1.82, 2.24) is 19.9 Å². The first kappa shape index (κ1) is 7.93. The lowest BCUT2D eigenvalue weighted by Crippen LogP contribution is -1.93. The molecule has 4 N–H and O–H groups in total. The van der Waals surface area contributed by atoms with Crippen LogP contribution in [0.2, 0.25) is 0 Å². The lowest BCUT2D eigenvalue weighted by Gasteiger charge is -1.90. The van der Waals surface area contributed by atoms with Gasteiger partial charge in [-0.3, -0.25) is 0 Å². The zero-order valence-corrected chi connectivity index (χ0v) is 6.86. The van der Waals surface area contributed by atoms with Crippen LogP contribution in [0.15, 0.2) is 6.33 Å². The predicted octanol–water partition coefficient (Wildman–Crippen LogP) is -0.530. The van der Waals surface area contributed by atoms with Crippen LogP contribution >= 0.6 is 0 Å². The summed E-state index contributed by atoms with van der Waals surface area (Å²) in [5.41, 5.74) is 6.75. The minimum absolute atomic E-state index is 0.0488. The Labute approximate surface area is 73.8 Å². The monoisotopic (exact) mass is 179 g/mol. The molecule has 0 bridgehead atoms. The third kappa shape index (κ3) is 1.31. The first-order valence-corrected chi connectivity index (χ1v) is 3.87. The molecule has 6 heteroatoms. The molecule has 2 rings (SSSR count). The van der Waals surface area contributed by atoms with Crippen LogP contribution in [0, 0.1) is 0 Å². The van der Waals surface area contributed by atoms with Crippen molar-refractivity contribution >= 4 is 17.0 Å². The average molecular weight is 179 g/mol. The van der Waals surface area contributed by atoms with Gasteiger partial charge in [0, 0.05) is 6.42 Å². The van der Waals surface area contributed by atoms with E-state index in [1.165, 1.54) is 6.33 Å². The zero-order valence-electron chi connectivity index (χ0n) is 6.86. The number of fused-ring (bicyclic) bond motifs is 1. The first-order chi connectivity index (χ1) is 6.31. The average Bonchev–Trinajstić information content (AvgIpc) is 2.49. The molecular formula is C7H9N5O. The van der Waals surface area contributed by atoms with Crippen molar-refractivity contribution in [3.05, 3.63) is 12.2 Å². The summed E-state index contributed by atoms with van der Waals surface area (Å²) >= 11 is 0. The van der Waals surface area contributed by atoms with Crippen LogP contribution in [0.1, 0.15) is 5.82 Å². The number of imidazole rings is 1. The molecule has 0 aliphatic heterocycles. The van der Waals surface area contributed by atoms with Gasteiger partial charge in [-0.1, -0.05) is 0 Å². The fraction of sp³-hybridized carbons (Fsp3) is 0.286. The van der Waals surface area contributed by atoms with Gasteiger partial charge >= 0.3 is 0 Å². The van der Waals surface area contributed by atoms with Crippen LogP contribution in [0.4, 0.5) is 5.82 Å². The molecule has 2 aromatic heterocycles. The first-order valence-electron chi connectivity index (χ1n) is 3.87. The van der Waals surface area contributed by atoms with Gasteiger partial charge in [0.1, 0.15) is 17.7 Å². The highest BCUT2D eigenvalue weighted by molar-refractivity contribution is 5.80. The quantitative estimate of drug-likeness (QED) is 0.575. The largest absolute Gasteiger partial charge is 0.396 e. The normalized spacial score (nSPS) is 10.8. The highest BCUT2D eigenvalue weighted by Crippen LogP contribution is 2.12. The predicted molar refractivity (Wildman–Crippen MR) is 46.9 cm³/mol. The number of nitrogens with zero attached hydrogens (tertiary/aromatic N) is 3. The van der Waals surface area contributed by atoms with Crippen LogP contribution < -0.4 is 5.73 Å². The zero-order chi connectivity index (χ0) is 9.26. The van der Waals surface area contributed by atoms with E-state index in [2.05, 4.69) is 19.9 Å². The van der Waals surface area contributed by atoms with Crippen LogP contribution in [-0.4, -0.2) is 31.6 Å². The van der Waals surface area contributed by atoms with Crippen LogP contribution in [0.5, 0.6) is 0 Å². The Morgan fingerprint density at radius 1 is 1.46 bits per heavy atom. The van der Waals surface area contributed by atoms with E-state index in [0.29, 0.717) is 29.2 Å². The molecule has 0 spiro atoms. The minimum atomic E-state index is 0.0488.